The molecule has 2 aliphatic heterocycles. The van der Waals surface area contributed by atoms with E-state index in [1.807, 2.05) is 12.3 Å². The van der Waals surface area contributed by atoms with Crippen molar-refractivity contribution in [1.82, 2.24) is 10.3 Å². The fraction of sp³-hybridized carbons (Fsp3) is 0.583. The zero-order valence-electron chi connectivity index (χ0n) is 9.19. The lowest BCUT2D eigenvalue weighted by Crippen LogP contribution is -2.40. The summed E-state index contributed by atoms with van der Waals surface area (Å²) in [5, 5.41) is 4.05. The van der Waals surface area contributed by atoms with Gasteiger partial charge in [0.1, 0.15) is 5.15 Å². The van der Waals surface area contributed by atoms with Crippen LogP contribution in [0.4, 0.5) is 5.69 Å². The Morgan fingerprint density at radius 1 is 1.31 bits per heavy atom. The van der Waals surface area contributed by atoms with Gasteiger partial charge in [-0.15, -0.1) is 0 Å². The van der Waals surface area contributed by atoms with Gasteiger partial charge in [0.15, 0.2) is 0 Å². The summed E-state index contributed by atoms with van der Waals surface area (Å²) in [6, 6.07) is 3.94. The molecule has 2 fully saturated rings. The fourth-order valence-electron chi connectivity index (χ4n) is 2.82. The summed E-state index contributed by atoms with van der Waals surface area (Å²) in [4.78, 5) is 6.58. The van der Waals surface area contributed by atoms with Crippen LogP contribution in [-0.4, -0.2) is 31.2 Å². The molecule has 0 aromatic carbocycles. The van der Waals surface area contributed by atoms with Crippen LogP contribution in [0.5, 0.6) is 0 Å². The Hall–Kier alpha value is -0.800. The molecule has 3 rings (SSSR count). The van der Waals surface area contributed by atoms with Gasteiger partial charge in [-0.05, 0) is 43.5 Å². The van der Waals surface area contributed by atoms with Gasteiger partial charge >= 0.3 is 0 Å². The standard InChI is InChI=1S/C12H16ClN3/c13-12-2-1-11(7-15-12)16-4-3-9-5-14-6-10(9)8-16/h1-2,7,9-10,14H,3-6,8H2/t9-,10-/m0/s1. The number of nitrogens with one attached hydrogen (secondary N) is 1. The molecule has 4 heteroatoms. The molecule has 2 saturated heterocycles. The predicted octanol–water partition coefficient (Wildman–Crippen LogP) is 1.78. The van der Waals surface area contributed by atoms with Crippen LogP contribution in [-0.2, 0) is 0 Å². The van der Waals surface area contributed by atoms with Gasteiger partial charge in [-0.2, -0.15) is 0 Å². The third kappa shape index (κ3) is 1.89. The lowest BCUT2D eigenvalue weighted by molar-refractivity contribution is 0.349. The molecule has 0 saturated carbocycles. The second kappa shape index (κ2) is 4.22. The molecule has 16 heavy (non-hydrogen) atoms. The maximum atomic E-state index is 5.80. The average molecular weight is 238 g/mol. The van der Waals surface area contributed by atoms with Gasteiger partial charge < -0.3 is 10.2 Å². The van der Waals surface area contributed by atoms with Crippen LogP contribution in [0, 0.1) is 11.8 Å². The monoisotopic (exact) mass is 237 g/mol. The van der Waals surface area contributed by atoms with Crippen LogP contribution in [0.25, 0.3) is 0 Å². The van der Waals surface area contributed by atoms with Gasteiger partial charge in [0.05, 0.1) is 11.9 Å². The van der Waals surface area contributed by atoms with E-state index in [2.05, 4.69) is 21.3 Å². The predicted molar refractivity (Wildman–Crippen MR) is 65.9 cm³/mol. The van der Waals surface area contributed by atoms with E-state index in [9.17, 15) is 0 Å². The van der Waals surface area contributed by atoms with Crippen LogP contribution < -0.4 is 10.2 Å². The maximum Gasteiger partial charge on any atom is 0.129 e. The van der Waals surface area contributed by atoms with Crippen molar-refractivity contribution in [2.24, 2.45) is 11.8 Å². The van der Waals surface area contributed by atoms with E-state index in [1.165, 1.54) is 25.2 Å². The molecule has 86 valence electrons. The first-order valence-corrected chi connectivity index (χ1v) is 6.28. The Morgan fingerprint density at radius 3 is 3.00 bits per heavy atom. The number of hydrogen-bond donors (Lipinski definition) is 1. The third-order valence-corrected chi connectivity index (χ3v) is 4.00. The highest BCUT2D eigenvalue weighted by molar-refractivity contribution is 6.29. The molecule has 1 aromatic heterocycles. The summed E-state index contributed by atoms with van der Waals surface area (Å²) >= 11 is 5.80. The van der Waals surface area contributed by atoms with Crippen molar-refractivity contribution in [3.05, 3.63) is 23.5 Å². The largest absolute Gasteiger partial charge is 0.370 e. The number of nitrogens with zero attached hydrogens (tertiary/aromatic N) is 2. The van der Waals surface area contributed by atoms with Crippen molar-refractivity contribution >= 4 is 17.3 Å². The molecule has 0 bridgehead atoms. The van der Waals surface area contributed by atoms with E-state index >= 15 is 0 Å². The molecular weight excluding hydrogens is 222 g/mol. The van der Waals surface area contributed by atoms with E-state index in [0.29, 0.717) is 5.15 Å². The SMILES string of the molecule is Clc1ccc(N2CC[C@H]3CNC[C@H]3C2)cn1. The maximum absolute atomic E-state index is 5.80. The number of hydrogen-bond acceptors (Lipinski definition) is 3. The second-order valence-corrected chi connectivity index (χ2v) is 5.14. The smallest absolute Gasteiger partial charge is 0.129 e. The molecule has 3 heterocycles. The highest BCUT2D eigenvalue weighted by Gasteiger charge is 2.32. The number of aromatic nitrogens is 1. The van der Waals surface area contributed by atoms with Crippen molar-refractivity contribution in [2.45, 2.75) is 6.42 Å². The van der Waals surface area contributed by atoms with Crippen LogP contribution in [0.1, 0.15) is 6.42 Å². The first kappa shape index (κ1) is 10.4. The summed E-state index contributed by atoms with van der Waals surface area (Å²) in [5.41, 5.74) is 1.20. The number of pyridine rings is 1. The van der Waals surface area contributed by atoms with Gasteiger partial charge in [0.2, 0.25) is 0 Å². The van der Waals surface area contributed by atoms with E-state index in [0.717, 1.165) is 24.9 Å². The minimum absolute atomic E-state index is 0.571. The van der Waals surface area contributed by atoms with Crippen molar-refractivity contribution in [3.8, 4) is 0 Å². The Bertz CT molecular complexity index is 365. The molecule has 1 N–H and O–H groups in total. The van der Waals surface area contributed by atoms with E-state index in [-0.39, 0.29) is 0 Å². The molecule has 2 atom stereocenters. The Morgan fingerprint density at radius 2 is 2.19 bits per heavy atom. The number of rotatable bonds is 1. The molecular formula is C12H16ClN3. The molecule has 2 aliphatic rings. The van der Waals surface area contributed by atoms with Gasteiger partial charge in [-0.25, -0.2) is 4.98 Å². The number of halogens is 1. The zero-order valence-corrected chi connectivity index (χ0v) is 9.95. The Balaban J connectivity index is 1.74. The summed E-state index contributed by atoms with van der Waals surface area (Å²) < 4.78 is 0. The lowest BCUT2D eigenvalue weighted by atomic mass is 9.88. The summed E-state index contributed by atoms with van der Waals surface area (Å²) in [5.74, 6) is 1.70. The number of piperidine rings is 1. The first-order valence-electron chi connectivity index (χ1n) is 5.90. The Kier molecular flexibility index (Phi) is 2.74. The van der Waals surface area contributed by atoms with Crippen molar-refractivity contribution < 1.29 is 0 Å². The second-order valence-electron chi connectivity index (χ2n) is 4.75. The number of fused-ring (bicyclic) bond motifs is 1. The van der Waals surface area contributed by atoms with Crippen LogP contribution in [0.3, 0.4) is 0 Å². The topological polar surface area (TPSA) is 28.2 Å². The summed E-state index contributed by atoms with van der Waals surface area (Å²) in [6.45, 7) is 4.67. The van der Waals surface area contributed by atoms with Gasteiger partial charge in [-0.1, -0.05) is 11.6 Å². The molecule has 0 aliphatic carbocycles. The van der Waals surface area contributed by atoms with E-state index < -0.39 is 0 Å². The lowest BCUT2D eigenvalue weighted by Gasteiger charge is -2.35. The minimum Gasteiger partial charge on any atom is -0.370 e. The van der Waals surface area contributed by atoms with Gasteiger partial charge in [0.25, 0.3) is 0 Å². The average Bonchev–Trinajstić information content (AvgIpc) is 2.77. The van der Waals surface area contributed by atoms with Crippen LogP contribution in [0.2, 0.25) is 5.15 Å². The van der Waals surface area contributed by atoms with Crippen molar-refractivity contribution in [3.63, 3.8) is 0 Å². The fourth-order valence-corrected chi connectivity index (χ4v) is 2.94. The first-order chi connectivity index (χ1) is 7.83. The normalized spacial score (nSPS) is 29.2. The van der Waals surface area contributed by atoms with Gasteiger partial charge in [-0.3, -0.25) is 0 Å². The molecule has 0 unspecified atom stereocenters. The highest BCUT2D eigenvalue weighted by atomic mass is 35.5. The quantitative estimate of drug-likeness (QED) is 0.755. The molecule has 3 nitrogen and oxygen atoms in total. The van der Waals surface area contributed by atoms with Crippen LogP contribution in [0.15, 0.2) is 18.3 Å². The highest BCUT2D eigenvalue weighted by Crippen LogP contribution is 2.29. The summed E-state index contributed by atoms with van der Waals surface area (Å²) in [6.07, 6.45) is 3.17. The molecule has 0 radical (unpaired) electrons. The van der Waals surface area contributed by atoms with Crippen molar-refractivity contribution in [1.29, 1.82) is 0 Å². The minimum atomic E-state index is 0.571. The third-order valence-electron chi connectivity index (χ3n) is 3.78. The van der Waals surface area contributed by atoms with Crippen LogP contribution >= 0.6 is 11.6 Å². The number of anilines is 1. The van der Waals surface area contributed by atoms with E-state index in [1.54, 1.807) is 0 Å². The Labute approximate surface area is 101 Å². The van der Waals surface area contributed by atoms with E-state index in [4.69, 9.17) is 11.6 Å². The van der Waals surface area contributed by atoms with Gasteiger partial charge in [0, 0.05) is 13.1 Å². The molecule has 0 amide bonds. The molecule has 0 spiro atoms. The summed E-state index contributed by atoms with van der Waals surface area (Å²) in [7, 11) is 0. The molecule has 1 aromatic rings. The zero-order chi connectivity index (χ0) is 11.0. The van der Waals surface area contributed by atoms with Crippen molar-refractivity contribution in [2.75, 3.05) is 31.1 Å².